The molecule has 0 spiro atoms. The van der Waals surface area contributed by atoms with Crippen LogP contribution >= 0.6 is 0 Å². The average molecular weight is 316 g/mol. The van der Waals surface area contributed by atoms with Crippen LogP contribution in [-0.4, -0.2) is 36.3 Å². The van der Waals surface area contributed by atoms with Gasteiger partial charge in [-0.1, -0.05) is 32.0 Å². The van der Waals surface area contributed by atoms with E-state index in [2.05, 4.69) is 26.0 Å². The molecule has 2 rings (SSSR count). The van der Waals surface area contributed by atoms with Crippen molar-refractivity contribution in [3.05, 3.63) is 29.3 Å². The van der Waals surface area contributed by atoms with Crippen molar-refractivity contribution >= 4 is 17.5 Å². The maximum absolute atomic E-state index is 12.6. The summed E-state index contributed by atoms with van der Waals surface area (Å²) in [6.45, 7) is 7.52. The molecule has 1 aliphatic heterocycles. The Bertz CT molecular complexity index is 540. The predicted octanol–water partition coefficient (Wildman–Crippen LogP) is 3.18. The van der Waals surface area contributed by atoms with Crippen LogP contribution in [0.5, 0.6) is 0 Å². The zero-order chi connectivity index (χ0) is 16.8. The first-order valence-electron chi connectivity index (χ1n) is 8.75. The summed E-state index contributed by atoms with van der Waals surface area (Å²) in [7, 11) is 0. The van der Waals surface area contributed by atoms with Crippen molar-refractivity contribution in [3.63, 3.8) is 0 Å². The molecule has 0 atom stereocenters. The molecule has 0 aromatic heterocycles. The average Bonchev–Trinajstić information content (AvgIpc) is 2.59. The Balaban J connectivity index is 2.28. The molecule has 0 bridgehead atoms. The highest BCUT2D eigenvalue weighted by atomic mass is 16.2. The zero-order valence-electron chi connectivity index (χ0n) is 14.6. The lowest BCUT2D eigenvalue weighted by atomic mass is 10.0. The minimum atomic E-state index is -0.0639. The molecule has 0 radical (unpaired) electrons. The fourth-order valence-electron chi connectivity index (χ4n) is 3.29. The molecule has 1 saturated heterocycles. The molecule has 2 amide bonds. The molecular weight excluding hydrogens is 288 g/mol. The van der Waals surface area contributed by atoms with Crippen molar-refractivity contribution in [1.29, 1.82) is 0 Å². The number of anilines is 1. The van der Waals surface area contributed by atoms with E-state index in [9.17, 15) is 9.59 Å². The maximum Gasteiger partial charge on any atom is 0.242 e. The fraction of sp³-hybridized carbons (Fsp3) is 0.579. The second-order valence-corrected chi connectivity index (χ2v) is 6.18. The van der Waals surface area contributed by atoms with Crippen LogP contribution in [0, 0.1) is 0 Å². The Morgan fingerprint density at radius 3 is 2.09 bits per heavy atom. The molecule has 4 heteroatoms. The van der Waals surface area contributed by atoms with E-state index in [4.69, 9.17) is 0 Å². The van der Waals surface area contributed by atoms with Crippen LogP contribution in [0.25, 0.3) is 0 Å². The number of carbonyl (C=O) groups is 2. The monoisotopic (exact) mass is 316 g/mol. The summed E-state index contributed by atoms with van der Waals surface area (Å²) in [6.07, 6.45) is 5.03. The lowest BCUT2D eigenvalue weighted by Crippen LogP contribution is -2.44. The Hall–Kier alpha value is -1.84. The fourth-order valence-corrected chi connectivity index (χ4v) is 3.29. The van der Waals surface area contributed by atoms with Crippen LogP contribution in [0.3, 0.4) is 0 Å². The van der Waals surface area contributed by atoms with Gasteiger partial charge in [-0.15, -0.1) is 0 Å². The molecule has 4 nitrogen and oxygen atoms in total. The number of nitrogens with zero attached hydrogens (tertiary/aromatic N) is 2. The zero-order valence-corrected chi connectivity index (χ0v) is 14.6. The summed E-state index contributed by atoms with van der Waals surface area (Å²) in [5.41, 5.74) is 3.20. The Morgan fingerprint density at radius 2 is 1.61 bits per heavy atom. The number of likely N-dealkylation sites (tertiary alicyclic amines) is 1. The molecule has 1 heterocycles. The molecule has 1 aromatic rings. The van der Waals surface area contributed by atoms with E-state index in [1.807, 2.05) is 11.0 Å². The van der Waals surface area contributed by atoms with Crippen LogP contribution in [0.2, 0.25) is 0 Å². The second-order valence-electron chi connectivity index (χ2n) is 6.18. The molecular formula is C19H28N2O2. The predicted molar refractivity (Wildman–Crippen MR) is 93.7 cm³/mol. The molecule has 126 valence electrons. The number of piperidine rings is 1. The standard InChI is InChI=1S/C19H28N2O2/c1-4-16-10-9-11-17(5-2)19(16)21(15(3)22)14-18(23)20-12-7-6-8-13-20/h9-11H,4-8,12-14H2,1-3H3. The van der Waals surface area contributed by atoms with Gasteiger partial charge in [-0.2, -0.15) is 0 Å². The maximum atomic E-state index is 12.6. The van der Waals surface area contributed by atoms with Gasteiger partial charge in [0.15, 0.2) is 0 Å². The van der Waals surface area contributed by atoms with Gasteiger partial charge in [0.2, 0.25) is 11.8 Å². The minimum absolute atomic E-state index is 0.0628. The first kappa shape index (κ1) is 17.5. The molecule has 0 aliphatic carbocycles. The Morgan fingerprint density at radius 1 is 1.04 bits per heavy atom. The molecule has 23 heavy (non-hydrogen) atoms. The van der Waals surface area contributed by atoms with E-state index in [0.29, 0.717) is 0 Å². The largest absolute Gasteiger partial charge is 0.341 e. The van der Waals surface area contributed by atoms with E-state index in [1.54, 1.807) is 11.8 Å². The lowest BCUT2D eigenvalue weighted by Gasteiger charge is -2.31. The van der Waals surface area contributed by atoms with Crippen molar-refractivity contribution in [1.82, 2.24) is 4.90 Å². The third-order valence-corrected chi connectivity index (χ3v) is 4.62. The topological polar surface area (TPSA) is 40.6 Å². The number of carbonyl (C=O) groups excluding carboxylic acids is 2. The van der Waals surface area contributed by atoms with Gasteiger partial charge in [-0.3, -0.25) is 9.59 Å². The molecule has 0 saturated carbocycles. The molecule has 1 aliphatic rings. The van der Waals surface area contributed by atoms with E-state index in [1.165, 1.54) is 6.42 Å². The van der Waals surface area contributed by atoms with Crippen molar-refractivity contribution in [2.24, 2.45) is 0 Å². The first-order chi connectivity index (χ1) is 11.1. The third kappa shape index (κ3) is 4.12. The summed E-state index contributed by atoms with van der Waals surface area (Å²) in [6, 6.07) is 6.14. The van der Waals surface area contributed by atoms with Crippen molar-refractivity contribution < 1.29 is 9.59 Å². The van der Waals surface area contributed by atoms with Gasteiger partial charge >= 0.3 is 0 Å². The quantitative estimate of drug-likeness (QED) is 0.837. The van der Waals surface area contributed by atoms with Gasteiger partial charge in [0.05, 0.1) is 5.69 Å². The van der Waals surface area contributed by atoms with Crippen LogP contribution in [0.1, 0.15) is 51.2 Å². The Labute approximate surface area is 139 Å². The molecule has 1 aromatic carbocycles. The summed E-state index contributed by atoms with van der Waals surface area (Å²) in [5, 5.41) is 0. The highest BCUT2D eigenvalue weighted by Crippen LogP contribution is 2.27. The van der Waals surface area contributed by atoms with Gasteiger partial charge in [-0.25, -0.2) is 0 Å². The molecule has 1 fully saturated rings. The normalized spacial score (nSPS) is 14.7. The molecule has 0 unspecified atom stereocenters. The lowest BCUT2D eigenvalue weighted by molar-refractivity contribution is -0.132. The number of benzene rings is 1. The number of hydrogen-bond donors (Lipinski definition) is 0. The van der Waals surface area contributed by atoms with E-state index >= 15 is 0 Å². The van der Waals surface area contributed by atoms with E-state index in [-0.39, 0.29) is 18.4 Å². The van der Waals surface area contributed by atoms with Crippen molar-refractivity contribution in [2.75, 3.05) is 24.5 Å². The number of hydrogen-bond acceptors (Lipinski definition) is 2. The third-order valence-electron chi connectivity index (χ3n) is 4.62. The van der Waals surface area contributed by atoms with Gasteiger partial charge in [0, 0.05) is 20.0 Å². The summed E-state index contributed by atoms with van der Waals surface area (Å²) in [4.78, 5) is 28.4. The van der Waals surface area contributed by atoms with Crippen LogP contribution in [0.4, 0.5) is 5.69 Å². The SMILES string of the molecule is CCc1cccc(CC)c1N(CC(=O)N1CCCCC1)C(C)=O. The van der Waals surface area contributed by atoms with Crippen LogP contribution in [0.15, 0.2) is 18.2 Å². The summed E-state index contributed by atoms with van der Waals surface area (Å²) >= 11 is 0. The number of para-hydroxylation sites is 1. The van der Waals surface area contributed by atoms with Gasteiger partial charge < -0.3 is 9.80 Å². The first-order valence-corrected chi connectivity index (χ1v) is 8.75. The van der Waals surface area contributed by atoms with Gasteiger partial charge in [0.25, 0.3) is 0 Å². The summed E-state index contributed by atoms with van der Waals surface area (Å²) < 4.78 is 0. The smallest absolute Gasteiger partial charge is 0.242 e. The van der Waals surface area contributed by atoms with Gasteiger partial charge in [0.1, 0.15) is 6.54 Å². The highest BCUT2D eigenvalue weighted by molar-refractivity contribution is 5.98. The summed E-state index contributed by atoms with van der Waals surface area (Å²) in [5.74, 6) is -0.00109. The van der Waals surface area contributed by atoms with Crippen molar-refractivity contribution in [3.8, 4) is 0 Å². The number of aryl methyl sites for hydroxylation is 2. The van der Waals surface area contributed by atoms with E-state index in [0.717, 1.165) is 55.6 Å². The van der Waals surface area contributed by atoms with Crippen molar-refractivity contribution in [2.45, 2.75) is 52.9 Å². The molecule has 0 N–H and O–H groups in total. The number of rotatable bonds is 5. The minimum Gasteiger partial charge on any atom is -0.341 e. The van der Waals surface area contributed by atoms with Crippen LogP contribution in [-0.2, 0) is 22.4 Å². The van der Waals surface area contributed by atoms with Crippen LogP contribution < -0.4 is 4.90 Å². The Kier molecular flexibility index (Phi) is 6.20. The highest BCUT2D eigenvalue weighted by Gasteiger charge is 2.24. The second kappa shape index (κ2) is 8.14. The van der Waals surface area contributed by atoms with Gasteiger partial charge in [-0.05, 0) is 43.2 Å². The number of amides is 2. The van der Waals surface area contributed by atoms with E-state index < -0.39 is 0 Å².